The predicted octanol–water partition coefficient (Wildman–Crippen LogP) is 1.68. The quantitative estimate of drug-likeness (QED) is 0.727. The summed E-state index contributed by atoms with van der Waals surface area (Å²) < 4.78 is 26.3. The zero-order valence-corrected chi connectivity index (χ0v) is 16.5. The van der Waals surface area contributed by atoms with Gasteiger partial charge in [-0.05, 0) is 31.4 Å². The summed E-state index contributed by atoms with van der Waals surface area (Å²) in [5, 5.41) is 5.58. The molecule has 1 saturated carbocycles. The molecule has 1 unspecified atom stereocenters. The molecule has 3 amide bonds. The molecule has 3 fully saturated rings. The van der Waals surface area contributed by atoms with Crippen LogP contribution in [0.15, 0.2) is 12.1 Å². The number of fused-ring (bicyclic) bond motifs is 1. The third-order valence-corrected chi connectivity index (χ3v) is 6.58. The molecular weight excluding hydrogens is 393 g/mol. The van der Waals surface area contributed by atoms with Crippen molar-refractivity contribution in [1.29, 1.82) is 0 Å². The van der Waals surface area contributed by atoms with E-state index in [-0.39, 0.29) is 37.2 Å². The van der Waals surface area contributed by atoms with Crippen LogP contribution in [0.1, 0.15) is 54.4 Å². The minimum absolute atomic E-state index is 0.0455. The van der Waals surface area contributed by atoms with E-state index in [0.717, 1.165) is 25.7 Å². The van der Waals surface area contributed by atoms with Gasteiger partial charge in [0, 0.05) is 43.0 Å². The highest BCUT2D eigenvalue weighted by Gasteiger charge is 2.42. The number of carbonyl (C=O) groups is 3. The number of piperidine rings is 1. The predicted molar refractivity (Wildman–Crippen MR) is 103 cm³/mol. The average Bonchev–Trinajstić information content (AvgIpc) is 3.31. The standard InChI is InChI=1S/C21H24FN3O5/c22-15-2-1-13-14(11-25(20(13)28)16-3-4-17(26)24-19(16)27)18(15)23-12-5-7-21(8-6-12)29-9-10-30-21/h1-2,12,16,23H,3-11H2,(H,24,26,27). The number of amides is 3. The molecular formula is C21H24FN3O5. The molecule has 2 N–H and O–H groups in total. The van der Waals surface area contributed by atoms with Crippen LogP contribution in [0.4, 0.5) is 10.1 Å². The first kappa shape index (κ1) is 19.4. The molecule has 5 rings (SSSR count). The highest BCUT2D eigenvalue weighted by molar-refractivity contribution is 6.06. The van der Waals surface area contributed by atoms with Crippen LogP contribution in [-0.2, 0) is 25.6 Å². The maximum Gasteiger partial charge on any atom is 0.255 e. The van der Waals surface area contributed by atoms with Gasteiger partial charge in [-0.1, -0.05) is 0 Å². The Balaban J connectivity index is 1.34. The van der Waals surface area contributed by atoms with E-state index in [2.05, 4.69) is 10.6 Å². The van der Waals surface area contributed by atoms with Crippen LogP contribution in [0.3, 0.4) is 0 Å². The molecule has 30 heavy (non-hydrogen) atoms. The Bertz CT molecular complexity index is 904. The number of nitrogens with one attached hydrogen (secondary N) is 2. The Labute approximate surface area is 173 Å². The second-order valence-electron chi connectivity index (χ2n) is 8.37. The van der Waals surface area contributed by atoms with Gasteiger partial charge < -0.3 is 19.7 Å². The zero-order chi connectivity index (χ0) is 20.9. The van der Waals surface area contributed by atoms with Gasteiger partial charge in [0.05, 0.1) is 18.9 Å². The maximum atomic E-state index is 14.8. The van der Waals surface area contributed by atoms with E-state index in [9.17, 15) is 18.8 Å². The minimum Gasteiger partial charge on any atom is -0.380 e. The molecule has 160 valence electrons. The van der Waals surface area contributed by atoms with Gasteiger partial charge in [-0.3, -0.25) is 19.7 Å². The topological polar surface area (TPSA) is 97.0 Å². The number of nitrogens with zero attached hydrogens (tertiary/aromatic N) is 1. The summed E-state index contributed by atoms with van der Waals surface area (Å²) in [6.45, 7) is 1.36. The van der Waals surface area contributed by atoms with Gasteiger partial charge in [-0.15, -0.1) is 0 Å². The molecule has 9 heteroatoms. The van der Waals surface area contributed by atoms with Crippen LogP contribution >= 0.6 is 0 Å². The van der Waals surface area contributed by atoms with Crippen LogP contribution < -0.4 is 10.6 Å². The SMILES string of the molecule is O=C1CCC(N2Cc3c(ccc(F)c3NC3CCC4(CC3)OCCO4)C2=O)C(=O)N1. The van der Waals surface area contributed by atoms with Crippen molar-refractivity contribution in [2.75, 3.05) is 18.5 Å². The second kappa shape index (κ2) is 7.31. The van der Waals surface area contributed by atoms with Gasteiger partial charge >= 0.3 is 0 Å². The van der Waals surface area contributed by atoms with Crippen molar-refractivity contribution in [3.63, 3.8) is 0 Å². The van der Waals surface area contributed by atoms with Crippen molar-refractivity contribution >= 4 is 23.4 Å². The Hall–Kier alpha value is -2.52. The van der Waals surface area contributed by atoms with E-state index in [1.165, 1.54) is 17.0 Å². The Morgan fingerprint density at radius 3 is 2.53 bits per heavy atom. The molecule has 1 spiro atoms. The number of ether oxygens (including phenoxy) is 2. The van der Waals surface area contributed by atoms with Crippen LogP contribution in [0, 0.1) is 5.82 Å². The van der Waals surface area contributed by atoms with Crippen molar-refractivity contribution in [3.05, 3.63) is 29.1 Å². The lowest BCUT2D eigenvalue weighted by atomic mass is 9.89. The number of carbonyl (C=O) groups excluding carboxylic acids is 3. The average molecular weight is 417 g/mol. The van der Waals surface area contributed by atoms with Crippen LogP contribution in [0.5, 0.6) is 0 Å². The number of rotatable bonds is 3. The van der Waals surface area contributed by atoms with Crippen molar-refractivity contribution in [2.24, 2.45) is 0 Å². The highest BCUT2D eigenvalue weighted by atomic mass is 19.1. The fraction of sp³-hybridized carbons (Fsp3) is 0.571. The monoisotopic (exact) mass is 417 g/mol. The molecule has 1 aliphatic carbocycles. The molecule has 0 aromatic heterocycles. The largest absolute Gasteiger partial charge is 0.380 e. The molecule has 2 saturated heterocycles. The van der Waals surface area contributed by atoms with E-state index in [1.807, 2.05) is 0 Å². The van der Waals surface area contributed by atoms with Gasteiger partial charge in [0.25, 0.3) is 5.91 Å². The van der Waals surface area contributed by atoms with Gasteiger partial charge in [0.15, 0.2) is 5.79 Å². The van der Waals surface area contributed by atoms with E-state index < -0.39 is 23.6 Å². The fourth-order valence-corrected chi connectivity index (χ4v) is 4.96. The number of hydrogen-bond donors (Lipinski definition) is 2. The third kappa shape index (κ3) is 3.26. The fourth-order valence-electron chi connectivity index (χ4n) is 4.96. The number of benzene rings is 1. The minimum atomic E-state index is -0.718. The highest BCUT2D eigenvalue weighted by Crippen LogP contribution is 2.39. The number of hydrogen-bond acceptors (Lipinski definition) is 6. The third-order valence-electron chi connectivity index (χ3n) is 6.58. The molecule has 1 aromatic carbocycles. The summed E-state index contributed by atoms with van der Waals surface area (Å²) in [4.78, 5) is 38.0. The molecule has 1 aromatic rings. The summed E-state index contributed by atoms with van der Waals surface area (Å²) in [6, 6.07) is 2.09. The molecule has 8 nitrogen and oxygen atoms in total. The first-order valence-corrected chi connectivity index (χ1v) is 10.5. The lowest BCUT2D eigenvalue weighted by molar-refractivity contribution is -0.177. The van der Waals surface area contributed by atoms with Gasteiger partial charge in [0.2, 0.25) is 11.8 Å². The smallest absolute Gasteiger partial charge is 0.255 e. The van der Waals surface area contributed by atoms with Gasteiger partial charge in [-0.25, -0.2) is 4.39 Å². The van der Waals surface area contributed by atoms with Crippen LogP contribution in [0.2, 0.25) is 0 Å². The Morgan fingerprint density at radius 2 is 1.83 bits per heavy atom. The molecule has 4 aliphatic rings. The molecule has 0 bridgehead atoms. The van der Waals surface area contributed by atoms with Crippen molar-refractivity contribution in [2.45, 2.75) is 62.9 Å². The lowest BCUT2D eigenvalue weighted by Gasteiger charge is -2.36. The normalized spacial score (nSPS) is 26.2. The second-order valence-corrected chi connectivity index (χ2v) is 8.37. The number of imide groups is 1. The number of halogens is 1. The first-order valence-electron chi connectivity index (χ1n) is 10.5. The van der Waals surface area contributed by atoms with E-state index in [1.54, 1.807) is 0 Å². The summed E-state index contributed by atoms with van der Waals surface area (Å²) in [5.74, 6) is -2.03. The summed E-state index contributed by atoms with van der Waals surface area (Å²) in [6.07, 6.45) is 3.48. The molecule has 1 atom stereocenters. The maximum absolute atomic E-state index is 14.8. The molecule has 0 radical (unpaired) electrons. The summed E-state index contributed by atoms with van der Waals surface area (Å²) in [5.41, 5.74) is 1.29. The van der Waals surface area contributed by atoms with Crippen LogP contribution in [0.25, 0.3) is 0 Å². The summed E-state index contributed by atoms with van der Waals surface area (Å²) in [7, 11) is 0. The van der Waals surface area contributed by atoms with E-state index >= 15 is 0 Å². The van der Waals surface area contributed by atoms with Crippen molar-refractivity contribution in [3.8, 4) is 0 Å². The zero-order valence-electron chi connectivity index (χ0n) is 16.5. The van der Waals surface area contributed by atoms with Gasteiger partial charge in [0.1, 0.15) is 11.9 Å². The summed E-state index contributed by atoms with van der Waals surface area (Å²) >= 11 is 0. The van der Waals surface area contributed by atoms with E-state index in [0.29, 0.717) is 30.0 Å². The number of anilines is 1. The van der Waals surface area contributed by atoms with E-state index in [4.69, 9.17) is 9.47 Å². The van der Waals surface area contributed by atoms with Crippen LogP contribution in [-0.4, -0.2) is 53.7 Å². The van der Waals surface area contributed by atoms with Crippen molar-refractivity contribution < 1.29 is 28.2 Å². The Kier molecular flexibility index (Phi) is 4.74. The molecule has 3 heterocycles. The Morgan fingerprint density at radius 1 is 1.10 bits per heavy atom. The van der Waals surface area contributed by atoms with Gasteiger partial charge in [-0.2, -0.15) is 0 Å². The first-order chi connectivity index (χ1) is 14.5. The lowest BCUT2D eigenvalue weighted by Crippen LogP contribution is -2.52. The van der Waals surface area contributed by atoms with Crippen molar-refractivity contribution in [1.82, 2.24) is 10.2 Å². The molecule has 3 aliphatic heterocycles.